The first-order valence-corrected chi connectivity index (χ1v) is 9.06. The number of guanidine groups is 1. The first-order chi connectivity index (χ1) is 11.4. The van der Waals surface area contributed by atoms with Crippen molar-refractivity contribution in [1.82, 2.24) is 4.72 Å². The largest absolute Gasteiger partial charge is 0.370 e. The molecular formula is C17H23IN4O2S. The van der Waals surface area contributed by atoms with Crippen LogP contribution in [-0.4, -0.2) is 27.5 Å². The molecule has 0 saturated heterocycles. The van der Waals surface area contributed by atoms with Crippen molar-refractivity contribution in [2.75, 3.05) is 18.4 Å². The Labute approximate surface area is 166 Å². The second-order valence-corrected chi connectivity index (χ2v) is 7.17. The van der Waals surface area contributed by atoms with Gasteiger partial charge in [0.2, 0.25) is 10.0 Å². The highest BCUT2D eigenvalue weighted by molar-refractivity contribution is 14.0. The van der Waals surface area contributed by atoms with E-state index in [1.807, 2.05) is 32.0 Å². The Balaban J connectivity index is 0.00000312. The number of halogens is 1. The zero-order chi connectivity index (χ0) is 17.6. The van der Waals surface area contributed by atoms with E-state index in [0.717, 1.165) is 11.3 Å². The Kier molecular flexibility index (Phi) is 8.33. The van der Waals surface area contributed by atoms with Gasteiger partial charge >= 0.3 is 0 Å². The Morgan fingerprint density at radius 2 is 1.76 bits per heavy atom. The van der Waals surface area contributed by atoms with E-state index >= 15 is 0 Å². The summed E-state index contributed by atoms with van der Waals surface area (Å²) in [6, 6.07) is 14.1. The summed E-state index contributed by atoms with van der Waals surface area (Å²) in [5, 5.41) is 2.99. The molecule has 0 fully saturated rings. The molecule has 0 aliphatic carbocycles. The van der Waals surface area contributed by atoms with Crippen LogP contribution < -0.4 is 15.8 Å². The zero-order valence-electron chi connectivity index (χ0n) is 14.2. The predicted molar refractivity (Wildman–Crippen MR) is 113 cm³/mol. The molecule has 0 aliphatic heterocycles. The molecule has 0 aliphatic rings. The summed E-state index contributed by atoms with van der Waals surface area (Å²) >= 11 is 0. The molecule has 0 saturated carbocycles. The van der Waals surface area contributed by atoms with Crippen molar-refractivity contribution >= 4 is 45.6 Å². The number of hydrogen-bond acceptors (Lipinski definition) is 3. The summed E-state index contributed by atoms with van der Waals surface area (Å²) in [5.41, 5.74) is 9.02. The van der Waals surface area contributed by atoms with Crippen LogP contribution in [0.15, 0.2) is 58.4 Å². The summed E-state index contributed by atoms with van der Waals surface area (Å²) in [6.07, 6.45) is 0. The summed E-state index contributed by atoms with van der Waals surface area (Å²) in [6.45, 7) is 4.48. The van der Waals surface area contributed by atoms with Gasteiger partial charge in [0.1, 0.15) is 0 Å². The summed E-state index contributed by atoms with van der Waals surface area (Å²) in [4.78, 5) is 4.36. The molecule has 0 radical (unpaired) electrons. The first kappa shape index (κ1) is 21.4. The van der Waals surface area contributed by atoms with Crippen molar-refractivity contribution in [2.24, 2.45) is 10.7 Å². The average Bonchev–Trinajstić information content (AvgIpc) is 2.56. The molecule has 0 amide bonds. The lowest BCUT2D eigenvalue weighted by molar-refractivity contribution is 0.582. The zero-order valence-corrected chi connectivity index (χ0v) is 17.3. The van der Waals surface area contributed by atoms with E-state index in [1.165, 1.54) is 5.56 Å². The maximum Gasteiger partial charge on any atom is 0.240 e. The predicted octanol–water partition coefficient (Wildman–Crippen LogP) is 2.63. The second-order valence-electron chi connectivity index (χ2n) is 5.40. The lowest BCUT2D eigenvalue weighted by Crippen LogP contribution is -2.28. The number of nitrogens with one attached hydrogen (secondary N) is 2. The second kappa shape index (κ2) is 9.73. The normalized spacial score (nSPS) is 11.7. The average molecular weight is 474 g/mol. The van der Waals surface area contributed by atoms with Gasteiger partial charge in [-0.15, -0.1) is 24.0 Å². The van der Waals surface area contributed by atoms with E-state index in [9.17, 15) is 8.42 Å². The van der Waals surface area contributed by atoms with Crippen LogP contribution >= 0.6 is 24.0 Å². The third kappa shape index (κ3) is 6.63. The van der Waals surface area contributed by atoms with Crippen molar-refractivity contribution in [3.63, 3.8) is 0 Å². The molecule has 0 unspecified atom stereocenters. The third-order valence-electron chi connectivity index (χ3n) is 3.52. The van der Waals surface area contributed by atoms with Crippen LogP contribution in [-0.2, 0) is 10.0 Å². The van der Waals surface area contributed by atoms with Crippen LogP contribution in [0.3, 0.4) is 0 Å². The molecule has 2 aromatic rings. The summed E-state index contributed by atoms with van der Waals surface area (Å²) in [7, 11) is -3.51. The van der Waals surface area contributed by atoms with E-state index < -0.39 is 10.0 Å². The standard InChI is InChI=1S/C17H22N4O2S.HI/c1-13-8-9-15(12-14(13)2)21-17(18)19-10-11-20-24(22,23)16-6-4-3-5-7-16;/h3-9,12,20H,10-11H2,1-2H3,(H3,18,19,21);1H. The summed E-state index contributed by atoms with van der Waals surface area (Å²) in [5.74, 6) is 0.247. The minimum atomic E-state index is -3.51. The topological polar surface area (TPSA) is 96.6 Å². The molecule has 0 bridgehead atoms. The molecule has 25 heavy (non-hydrogen) atoms. The van der Waals surface area contributed by atoms with E-state index in [0.29, 0.717) is 0 Å². The van der Waals surface area contributed by atoms with Crippen LogP contribution in [0.4, 0.5) is 5.69 Å². The number of anilines is 1. The molecule has 0 heterocycles. The van der Waals surface area contributed by atoms with Gasteiger partial charge in [0.25, 0.3) is 0 Å². The molecule has 8 heteroatoms. The number of aliphatic imine (C=N–C) groups is 1. The number of hydrogen-bond donors (Lipinski definition) is 3. The Bertz CT molecular complexity index is 824. The van der Waals surface area contributed by atoms with Crippen molar-refractivity contribution in [3.8, 4) is 0 Å². The van der Waals surface area contributed by atoms with Gasteiger partial charge in [0.15, 0.2) is 5.96 Å². The van der Waals surface area contributed by atoms with E-state index in [4.69, 9.17) is 5.73 Å². The van der Waals surface area contributed by atoms with Gasteiger partial charge in [-0.25, -0.2) is 13.1 Å². The minimum Gasteiger partial charge on any atom is -0.370 e. The van der Waals surface area contributed by atoms with Crippen LogP contribution in [0.2, 0.25) is 0 Å². The molecule has 6 nitrogen and oxygen atoms in total. The fourth-order valence-electron chi connectivity index (χ4n) is 2.05. The van der Waals surface area contributed by atoms with Crippen LogP contribution in [0.25, 0.3) is 0 Å². The van der Waals surface area contributed by atoms with Gasteiger partial charge < -0.3 is 11.1 Å². The van der Waals surface area contributed by atoms with Crippen molar-refractivity contribution < 1.29 is 8.42 Å². The Morgan fingerprint density at radius 3 is 2.40 bits per heavy atom. The van der Waals surface area contributed by atoms with Gasteiger partial charge in [-0.3, -0.25) is 4.99 Å². The van der Waals surface area contributed by atoms with Crippen LogP contribution in [0.5, 0.6) is 0 Å². The SMILES string of the molecule is Cc1ccc(NC(N)=NCCNS(=O)(=O)c2ccccc2)cc1C.I. The fraction of sp³-hybridized carbons (Fsp3) is 0.235. The minimum absolute atomic E-state index is 0. The highest BCUT2D eigenvalue weighted by Crippen LogP contribution is 2.13. The molecule has 0 aromatic heterocycles. The van der Waals surface area contributed by atoms with E-state index in [-0.39, 0.29) is 47.9 Å². The Hall–Kier alpha value is -1.65. The van der Waals surface area contributed by atoms with Crippen LogP contribution in [0, 0.1) is 13.8 Å². The quantitative estimate of drug-likeness (QED) is 0.260. The number of benzene rings is 2. The van der Waals surface area contributed by atoms with Crippen LogP contribution in [0.1, 0.15) is 11.1 Å². The number of rotatable bonds is 6. The maximum absolute atomic E-state index is 12.0. The van der Waals surface area contributed by atoms with Crippen molar-refractivity contribution in [3.05, 3.63) is 59.7 Å². The molecular weight excluding hydrogens is 451 g/mol. The highest BCUT2D eigenvalue weighted by Gasteiger charge is 2.11. The molecule has 0 atom stereocenters. The van der Waals surface area contributed by atoms with Gasteiger partial charge in [-0.1, -0.05) is 24.3 Å². The molecule has 2 rings (SSSR count). The van der Waals surface area contributed by atoms with Crippen molar-refractivity contribution in [1.29, 1.82) is 0 Å². The third-order valence-corrected chi connectivity index (χ3v) is 5.00. The van der Waals surface area contributed by atoms with E-state index in [1.54, 1.807) is 30.3 Å². The van der Waals surface area contributed by atoms with Gasteiger partial charge in [0, 0.05) is 12.2 Å². The number of nitrogens with two attached hydrogens (primary N) is 1. The Morgan fingerprint density at radius 1 is 1.08 bits per heavy atom. The fourth-order valence-corrected chi connectivity index (χ4v) is 3.09. The van der Waals surface area contributed by atoms with Gasteiger partial charge in [-0.2, -0.15) is 0 Å². The highest BCUT2D eigenvalue weighted by atomic mass is 127. The summed E-state index contributed by atoms with van der Waals surface area (Å²) < 4.78 is 26.6. The number of nitrogens with zero attached hydrogens (tertiary/aromatic N) is 1. The van der Waals surface area contributed by atoms with Crippen molar-refractivity contribution in [2.45, 2.75) is 18.7 Å². The van der Waals surface area contributed by atoms with E-state index in [2.05, 4.69) is 15.0 Å². The number of sulfonamides is 1. The maximum atomic E-state index is 12.0. The first-order valence-electron chi connectivity index (χ1n) is 7.57. The van der Waals surface area contributed by atoms with Gasteiger partial charge in [-0.05, 0) is 49.2 Å². The molecule has 0 spiro atoms. The monoisotopic (exact) mass is 474 g/mol. The number of aryl methyl sites for hydroxylation is 2. The molecule has 2 aromatic carbocycles. The molecule has 4 N–H and O–H groups in total. The lowest BCUT2D eigenvalue weighted by atomic mass is 10.1. The smallest absolute Gasteiger partial charge is 0.240 e. The lowest BCUT2D eigenvalue weighted by Gasteiger charge is -2.08. The molecule has 136 valence electrons. The van der Waals surface area contributed by atoms with Gasteiger partial charge in [0.05, 0.1) is 11.4 Å².